The summed E-state index contributed by atoms with van der Waals surface area (Å²) in [6.45, 7) is 5.04. The van der Waals surface area contributed by atoms with Crippen LogP contribution >= 0.6 is 11.8 Å². The van der Waals surface area contributed by atoms with Crippen molar-refractivity contribution >= 4 is 29.4 Å². The van der Waals surface area contributed by atoms with Gasteiger partial charge in [0.1, 0.15) is 10.8 Å². The number of hydrogen-bond acceptors (Lipinski definition) is 11. The summed E-state index contributed by atoms with van der Waals surface area (Å²) >= 11 is 1.42. The van der Waals surface area contributed by atoms with Crippen LogP contribution in [0.5, 0.6) is 17.2 Å². The van der Waals surface area contributed by atoms with Gasteiger partial charge in [-0.25, -0.2) is 10.4 Å². The van der Waals surface area contributed by atoms with Crippen molar-refractivity contribution in [3.05, 3.63) is 52.3 Å². The van der Waals surface area contributed by atoms with Crippen LogP contribution < -0.4 is 35.7 Å². The summed E-state index contributed by atoms with van der Waals surface area (Å²) in [5.41, 5.74) is 14.3. The van der Waals surface area contributed by atoms with Gasteiger partial charge in [0.25, 0.3) is 0 Å². The molecular weight excluding hydrogens is 494 g/mol. The Labute approximate surface area is 218 Å². The molecule has 3 aromatic rings. The normalized spacial score (nSPS) is 19.1. The number of carbonyl (C=O) groups excluding carboxylic acids is 1. The van der Waals surface area contributed by atoms with Gasteiger partial charge in [-0.3, -0.25) is 14.8 Å². The van der Waals surface area contributed by atoms with E-state index in [2.05, 4.69) is 25.7 Å². The van der Waals surface area contributed by atoms with Gasteiger partial charge in [0.05, 0.1) is 30.6 Å². The van der Waals surface area contributed by atoms with Crippen molar-refractivity contribution in [1.82, 2.24) is 25.7 Å². The van der Waals surface area contributed by atoms with E-state index in [0.29, 0.717) is 31.0 Å². The standard InChI is InChI=1S/C25H27N7O4S/c1-12-8-27-16(13(2)21(12)34-3)10-32-22-20-15(31-32)7-19(37-24(20)30-25(26)29-22)23(33)28-9-14-4-5-17-18(6-14)36-11-35-17/h4-6,8,15,19,31H,7,9-11H2,1-3H3,(H,28,33)(H2,26,29,30). The lowest BCUT2D eigenvalue weighted by molar-refractivity contribution is -0.121. The van der Waals surface area contributed by atoms with E-state index >= 15 is 0 Å². The molecule has 4 N–H and O–H groups in total. The van der Waals surface area contributed by atoms with E-state index in [1.54, 1.807) is 7.11 Å². The molecule has 0 spiro atoms. The summed E-state index contributed by atoms with van der Waals surface area (Å²) < 4.78 is 16.4. The summed E-state index contributed by atoms with van der Waals surface area (Å²) in [5.74, 6) is 3.06. The van der Waals surface area contributed by atoms with Crippen molar-refractivity contribution in [2.24, 2.45) is 0 Å². The molecular formula is C25H27N7O4S. The van der Waals surface area contributed by atoms with Crippen LogP contribution in [0.4, 0.5) is 11.8 Å². The molecule has 3 aliphatic rings. The first-order chi connectivity index (χ1) is 17.9. The largest absolute Gasteiger partial charge is 0.496 e. The van der Waals surface area contributed by atoms with Crippen LogP contribution in [0.25, 0.3) is 0 Å². The lowest BCUT2D eigenvalue weighted by Gasteiger charge is -2.26. The fourth-order valence-electron chi connectivity index (χ4n) is 4.95. The second-order valence-corrected chi connectivity index (χ2v) is 10.4. The molecule has 5 heterocycles. The molecule has 0 fully saturated rings. The molecule has 3 aliphatic heterocycles. The molecule has 0 saturated carbocycles. The first kappa shape index (κ1) is 23.6. The molecule has 1 amide bonds. The minimum Gasteiger partial charge on any atom is -0.496 e. The van der Waals surface area contributed by atoms with E-state index < -0.39 is 0 Å². The van der Waals surface area contributed by atoms with Gasteiger partial charge in [-0.15, -0.1) is 0 Å². The highest BCUT2D eigenvalue weighted by molar-refractivity contribution is 8.00. The number of aryl methyl sites for hydroxylation is 1. The summed E-state index contributed by atoms with van der Waals surface area (Å²) in [4.78, 5) is 26.8. The fourth-order valence-corrected chi connectivity index (χ4v) is 6.21. The number of aromatic nitrogens is 3. The number of fused-ring (bicyclic) bond motifs is 1. The van der Waals surface area contributed by atoms with Crippen LogP contribution in [0.1, 0.15) is 40.4 Å². The number of anilines is 2. The molecule has 2 aromatic heterocycles. The Balaban J connectivity index is 1.19. The summed E-state index contributed by atoms with van der Waals surface area (Å²) in [5, 5.41) is 5.38. The van der Waals surface area contributed by atoms with Gasteiger partial charge in [0.2, 0.25) is 18.6 Å². The zero-order valence-corrected chi connectivity index (χ0v) is 21.5. The number of benzene rings is 1. The van der Waals surface area contributed by atoms with Crippen molar-refractivity contribution in [2.75, 3.05) is 24.6 Å². The number of ether oxygens (including phenoxy) is 3. The minimum atomic E-state index is -0.333. The quantitative estimate of drug-likeness (QED) is 0.413. The summed E-state index contributed by atoms with van der Waals surface area (Å²) in [6.07, 6.45) is 2.40. The number of hydrogen-bond donors (Lipinski definition) is 3. The molecule has 1 aromatic carbocycles. The highest BCUT2D eigenvalue weighted by Gasteiger charge is 2.41. The Hall–Kier alpha value is -3.77. The van der Waals surface area contributed by atoms with Crippen LogP contribution in [0.2, 0.25) is 0 Å². The number of nitrogens with one attached hydrogen (secondary N) is 2. The lowest BCUT2D eigenvalue weighted by atomic mass is 10.0. The van der Waals surface area contributed by atoms with Gasteiger partial charge in [0.15, 0.2) is 17.3 Å². The average Bonchev–Trinajstić information content (AvgIpc) is 3.49. The molecule has 6 rings (SSSR count). The molecule has 12 heteroatoms. The van der Waals surface area contributed by atoms with E-state index in [0.717, 1.165) is 44.5 Å². The Kier molecular flexibility index (Phi) is 5.92. The number of methoxy groups -OCH3 is 1. The van der Waals surface area contributed by atoms with E-state index in [4.69, 9.17) is 19.9 Å². The second kappa shape index (κ2) is 9.27. The van der Waals surface area contributed by atoms with Gasteiger partial charge in [-0.2, -0.15) is 4.98 Å². The topological polar surface area (TPSA) is 137 Å². The maximum absolute atomic E-state index is 13.2. The third-order valence-electron chi connectivity index (χ3n) is 6.78. The van der Waals surface area contributed by atoms with Crippen molar-refractivity contribution < 1.29 is 19.0 Å². The summed E-state index contributed by atoms with van der Waals surface area (Å²) in [7, 11) is 1.66. The minimum absolute atomic E-state index is 0.0620. The smallest absolute Gasteiger partial charge is 0.233 e. The Bertz CT molecular complexity index is 1400. The van der Waals surface area contributed by atoms with Gasteiger partial charge >= 0.3 is 0 Å². The average molecular weight is 522 g/mol. The number of nitrogen functional groups attached to an aromatic ring is 1. The van der Waals surface area contributed by atoms with Gasteiger partial charge in [0, 0.05) is 29.4 Å². The number of thioether (sulfide) groups is 1. The van der Waals surface area contributed by atoms with Gasteiger partial charge in [-0.05, 0) is 38.0 Å². The second-order valence-electron chi connectivity index (χ2n) is 9.19. The third-order valence-corrected chi connectivity index (χ3v) is 8.01. The van der Waals surface area contributed by atoms with Crippen molar-refractivity contribution in [3.8, 4) is 17.2 Å². The zero-order chi connectivity index (χ0) is 25.7. The number of rotatable bonds is 6. The highest BCUT2D eigenvalue weighted by atomic mass is 32.2. The number of amides is 1. The first-order valence-corrected chi connectivity index (χ1v) is 12.8. The molecule has 0 saturated heterocycles. The molecule has 37 heavy (non-hydrogen) atoms. The monoisotopic (exact) mass is 521 g/mol. The molecule has 2 unspecified atom stereocenters. The van der Waals surface area contributed by atoms with E-state index in [1.807, 2.05) is 43.3 Å². The highest BCUT2D eigenvalue weighted by Crippen LogP contribution is 2.47. The molecule has 0 aliphatic carbocycles. The van der Waals surface area contributed by atoms with E-state index in [1.165, 1.54) is 11.8 Å². The number of nitrogens with two attached hydrogens (primary N) is 1. The Morgan fingerprint density at radius 3 is 2.97 bits per heavy atom. The maximum Gasteiger partial charge on any atom is 0.233 e. The predicted octanol–water partition coefficient (Wildman–Crippen LogP) is 2.55. The number of nitrogens with zero attached hydrogens (tertiary/aromatic N) is 4. The molecule has 2 atom stereocenters. The van der Waals surface area contributed by atoms with Crippen LogP contribution in [0, 0.1) is 13.8 Å². The number of pyridine rings is 1. The predicted molar refractivity (Wildman–Crippen MR) is 137 cm³/mol. The van der Waals surface area contributed by atoms with Crippen LogP contribution in [0.15, 0.2) is 29.4 Å². The lowest BCUT2D eigenvalue weighted by Crippen LogP contribution is -2.39. The number of hydrazine groups is 1. The first-order valence-electron chi connectivity index (χ1n) is 11.9. The molecule has 192 valence electrons. The van der Waals surface area contributed by atoms with Crippen LogP contribution in [0.3, 0.4) is 0 Å². The van der Waals surface area contributed by atoms with Crippen LogP contribution in [-0.2, 0) is 17.9 Å². The van der Waals surface area contributed by atoms with Gasteiger partial charge in [-0.1, -0.05) is 17.8 Å². The van der Waals surface area contributed by atoms with Crippen molar-refractivity contribution in [3.63, 3.8) is 0 Å². The van der Waals surface area contributed by atoms with Gasteiger partial charge < -0.3 is 25.3 Å². The SMILES string of the molecule is COc1c(C)cnc(CN2NC3CC(C(=O)NCc4ccc5c(c4)OCO5)Sc4nc(N)nc2c43)c1C. The zero-order valence-electron chi connectivity index (χ0n) is 20.7. The van der Waals surface area contributed by atoms with Crippen molar-refractivity contribution in [2.45, 2.75) is 49.7 Å². The molecule has 11 nitrogen and oxygen atoms in total. The maximum atomic E-state index is 13.2. The van der Waals surface area contributed by atoms with E-state index in [-0.39, 0.29) is 29.9 Å². The fraction of sp³-hybridized carbons (Fsp3) is 0.360. The third kappa shape index (κ3) is 4.25. The van der Waals surface area contributed by atoms with E-state index in [9.17, 15) is 4.79 Å². The van der Waals surface area contributed by atoms with Crippen LogP contribution in [-0.4, -0.2) is 40.0 Å². The molecule has 0 radical (unpaired) electrons. The summed E-state index contributed by atoms with van der Waals surface area (Å²) in [6, 6.07) is 5.55. The van der Waals surface area contributed by atoms with Crippen molar-refractivity contribution in [1.29, 1.82) is 0 Å². The molecule has 0 bridgehead atoms. The number of carbonyl (C=O) groups is 1. The Morgan fingerprint density at radius 1 is 1.30 bits per heavy atom. The Morgan fingerprint density at radius 2 is 2.14 bits per heavy atom.